The van der Waals surface area contributed by atoms with Crippen molar-refractivity contribution in [3.05, 3.63) is 54.0 Å². The highest BCUT2D eigenvalue weighted by Crippen LogP contribution is 2.33. The topological polar surface area (TPSA) is 47.0 Å². The maximum atomic E-state index is 6.02. The van der Waals surface area contributed by atoms with Crippen LogP contribution in [0.5, 0.6) is 0 Å². The van der Waals surface area contributed by atoms with Crippen molar-refractivity contribution in [2.45, 2.75) is 25.9 Å². The van der Waals surface area contributed by atoms with Gasteiger partial charge < -0.3 is 10.1 Å². The Balaban J connectivity index is 1.67. The van der Waals surface area contributed by atoms with Crippen molar-refractivity contribution in [3.8, 4) is 0 Å². The highest BCUT2D eigenvalue weighted by Gasteiger charge is 2.27. The lowest BCUT2D eigenvalue weighted by molar-refractivity contribution is -0.0238. The van der Waals surface area contributed by atoms with E-state index in [1.54, 1.807) is 6.33 Å². The van der Waals surface area contributed by atoms with E-state index in [1.165, 1.54) is 12.0 Å². The van der Waals surface area contributed by atoms with Gasteiger partial charge in [0.05, 0.1) is 6.10 Å². The Morgan fingerprint density at radius 1 is 1.24 bits per heavy atom. The van der Waals surface area contributed by atoms with E-state index in [0.717, 1.165) is 31.1 Å². The van der Waals surface area contributed by atoms with Gasteiger partial charge in [-0.2, -0.15) is 0 Å². The van der Waals surface area contributed by atoms with Crippen molar-refractivity contribution < 1.29 is 4.74 Å². The van der Waals surface area contributed by atoms with Crippen LogP contribution >= 0.6 is 0 Å². The number of benzene rings is 1. The number of hydrogen-bond acceptors (Lipinski definition) is 4. The Hall–Kier alpha value is -1.94. The quantitative estimate of drug-likeness (QED) is 0.934. The molecule has 0 spiro atoms. The van der Waals surface area contributed by atoms with Gasteiger partial charge in [0, 0.05) is 30.8 Å². The summed E-state index contributed by atoms with van der Waals surface area (Å²) in [4.78, 5) is 8.38. The van der Waals surface area contributed by atoms with E-state index in [1.807, 2.05) is 19.1 Å². The fourth-order valence-electron chi connectivity index (χ4n) is 2.85. The first-order valence-electron chi connectivity index (χ1n) is 7.52. The highest BCUT2D eigenvalue weighted by molar-refractivity contribution is 5.34. The molecule has 2 aromatic rings. The lowest BCUT2D eigenvalue weighted by atomic mass is 9.89. The van der Waals surface area contributed by atoms with Crippen LogP contribution in [0.1, 0.15) is 30.2 Å². The first-order chi connectivity index (χ1) is 10.3. The SMILES string of the molecule is Cc1cc(NCC2CCCOC2c2ccccc2)ncn1. The maximum Gasteiger partial charge on any atom is 0.129 e. The molecule has 1 aliphatic rings. The van der Waals surface area contributed by atoms with E-state index in [2.05, 4.69) is 39.6 Å². The number of nitrogens with one attached hydrogen (secondary N) is 1. The van der Waals surface area contributed by atoms with Crippen LogP contribution in [0.4, 0.5) is 5.82 Å². The van der Waals surface area contributed by atoms with E-state index in [9.17, 15) is 0 Å². The largest absolute Gasteiger partial charge is 0.373 e. The molecule has 1 aliphatic heterocycles. The summed E-state index contributed by atoms with van der Waals surface area (Å²) in [5, 5.41) is 3.42. The van der Waals surface area contributed by atoms with E-state index in [0.29, 0.717) is 5.92 Å². The van der Waals surface area contributed by atoms with Crippen molar-refractivity contribution in [1.82, 2.24) is 9.97 Å². The Labute approximate surface area is 125 Å². The molecule has 1 fully saturated rings. The number of hydrogen-bond donors (Lipinski definition) is 1. The predicted molar refractivity (Wildman–Crippen MR) is 83.1 cm³/mol. The van der Waals surface area contributed by atoms with Gasteiger partial charge in [0.2, 0.25) is 0 Å². The number of aryl methyl sites for hydroxylation is 1. The second-order valence-corrected chi connectivity index (χ2v) is 5.53. The zero-order chi connectivity index (χ0) is 14.5. The lowest BCUT2D eigenvalue weighted by Gasteiger charge is -2.32. The minimum atomic E-state index is 0.176. The van der Waals surface area contributed by atoms with Crippen LogP contribution in [-0.4, -0.2) is 23.1 Å². The van der Waals surface area contributed by atoms with Gasteiger partial charge in [0.1, 0.15) is 12.1 Å². The molecule has 1 aromatic heterocycles. The molecule has 4 heteroatoms. The Bertz CT molecular complexity index is 573. The third-order valence-electron chi connectivity index (χ3n) is 3.92. The standard InChI is InChI=1S/C17H21N3O/c1-13-10-16(20-12-19-13)18-11-15-8-5-9-21-17(15)14-6-3-2-4-7-14/h2-4,6-7,10,12,15,17H,5,8-9,11H2,1H3,(H,18,19,20). The zero-order valence-corrected chi connectivity index (χ0v) is 12.3. The Morgan fingerprint density at radius 2 is 2.10 bits per heavy atom. The summed E-state index contributed by atoms with van der Waals surface area (Å²) in [7, 11) is 0. The van der Waals surface area contributed by atoms with Gasteiger partial charge in [0.15, 0.2) is 0 Å². The van der Waals surface area contributed by atoms with Crippen LogP contribution in [0, 0.1) is 12.8 Å². The molecule has 4 nitrogen and oxygen atoms in total. The van der Waals surface area contributed by atoms with Gasteiger partial charge in [-0.3, -0.25) is 0 Å². The number of anilines is 1. The Morgan fingerprint density at radius 3 is 2.90 bits per heavy atom. The second kappa shape index (κ2) is 6.68. The first kappa shape index (κ1) is 14.0. The molecule has 2 heterocycles. The normalized spacial score (nSPS) is 22.0. The summed E-state index contributed by atoms with van der Waals surface area (Å²) in [5.74, 6) is 1.36. The number of nitrogens with zero attached hydrogens (tertiary/aromatic N) is 2. The molecule has 1 N–H and O–H groups in total. The summed E-state index contributed by atoms with van der Waals surface area (Å²) in [5.41, 5.74) is 2.25. The molecule has 1 saturated heterocycles. The molecular weight excluding hydrogens is 262 g/mol. The molecule has 2 atom stereocenters. The molecule has 21 heavy (non-hydrogen) atoms. The average molecular weight is 283 g/mol. The molecule has 0 radical (unpaired) electrons. The molecule has 0 amide bonds. The van der Waals surface area contributed by atoms with Crippen LogP contribution in [0.3, 0.4) is 0 Å². The van der Waals surface area contributed by atoms with Gasteiger partial charge in [-0.05, 0) is 25.3 Å². The molecule has 0 bridgehead atoms. The summed E-state index contributed by atoms with van der Waals surface area (Å²) < 4.78 is 6.02. The van der Waals surface area contributed by atoms with E-state index in [-0.39, 0.29) is 6.10 Å². The zero-order valence-electron chi connectivity index (χ0n) is 12.3. The molecule has 2 unspecified atom stereocenters. The van der Waals surface area contributed by atoms with E-state index >= 15 is 0 Å². The smallest absolute Gasteiger partial charge is 0.129 e. The fraction of sp³-hybridized carbons (Fsp3) is 0.412. The van der Waals surface area contributed by atoms with Gasteiger partial charge in [-0.1, -0.05) is 30.3 Å². The number of rotatable bonds is 4. The van der Waals surface area contributed by atoms with Crippen molar-refractivity contribution in [2.75, 3.05) is 18.5 Å². The Kier molecular flexibility index (Phi) is 4.46. The first-order valence-corrected chi connectivity index (χ1v) is 7.52. The average Bonchev–Trinajstić information content (AvgIpc) is 2.54. The number of ether oxygens (including phenoxy) is 1. The molecule has 0 aliphatic carbocycles. The lowest BCUT2D eigenvalue weighted by Crippen LogP contribution is -2.28. The summed E-state index contributed by atoms with van der Waals surface area (Å²) in [6, 6.07) is 12.5. The van der Waals surface area contributed by atoms with Crippen LogP contribution in [-0.2, 0) is 4.74 Å². The highest BCUT2D eigenvalue weighted by atomic mass is 16.5. The molecule has 0 saturated carbocycles. The molecular formula is C17H21N3O. The minimum Gasteiger partial charge on any atom is -0.373 e. The summed E-state index contributed by atoms with van der Waals surface area (Å²) in [6.07, 6.45) is 4.08. The fourth-order valence-corrected chi connectivity index (χ4v) is 2.85. The third-order valence-corrected chi connectivity index (χ3v) is 3.92. The van der Waals surface area contributed by atoms with Gasteiger partial charge in [-0.25, -0.2) is 9.97 Å². The third kappa shape index (κ3) is 3.58. The van der Waals surface area contributed by atoms with Crippen LogP contribution < -0.4 is 5.32 Å². The molecule has 110 valence electrons. The number of aromatic nitrogens is 2. The van der Waals surface area contributed by atoms with Gasteiger partial charge >= 0.3 is 0 Å². The molecule has 3 rings (SSSR count). The minimum absolute atomic E-state index is 0.176. The van der Waals surface area contributed by atoms with Crippen LogP contribution in [0.25, 0.3) is 0 Å². The maximum absolute atomic E-state index is 6.02. The predicted octanol–water partition coefficient (Wildman–Crippen LogP) is 3.36. The van der Waals surface area contributed by atoms with Crippen LogP contribution in [0.15, 0.2) is 42.7 Å². The van der Waals surface area contributed by atoms with E-state index < -0.39 is 0 Å². The van der Waals surface area contributed by atoms with Crippen LogP contribution in [0.2, 0.25) is 0 Å². The van der Waals surface area contributed by atoms with Gasteiger partial charge in [-0.15, -0.1) is 0 Å². The van der Waals surface area contributed by atoms with Crippen molar-refractivity contribution in [3.63, 3.8) is 0 Å². The van der Waals surface area contributed by atoms with Crippen molar-refractivity contribution >= 4 is 5.82 Å². The summed E-state index contributed by atoms with van der Waals surface area (Å²) in [6.45, 7) is 3.70. The monoisotopic (exact) mass is 283 g/mol. The second-order valence-electron chi connectivity index (χ2n) is 5.53. The van der Waals surface area contributed by atoms with E-state index in [4.69, 9.17) is 4.74 Å². The molecule has 1 aromatic carbocycles. The van der Waals surface area contributed by atoms with Crippen molar-refractivity contribution in [1.29, 1.82) is 0 Å². The van der Waals surface area contributed by atoms with Gasteiger partial charge in [0.25, 0.3) is 0 Å². The van der Waals surface area contributed by atoms with Crippen molar-refractivity contribution in [2.24, 2.45) is 5.92 Å². The summed E-state index contributed by atoms with van der Waals surface area (Å²) >= 11 is 0.